The normalized spacial score (nSPS) is 23.3. The number of carbonyl (C=O) groups excluding carboxylic acids is 2. The molecule has 2 fully saturated rings. The van der Waals surface area contributed by atoms with Gasteiger partial charge in [0.2, 0.25) is 0 Å². The Balaban J connectivity index is 2.06. The van der Waals surface area contributed by atoms with Crippen molar-refractivity contribution in [3.63, 3.8) is 0 Å². The maximum absolute atomic E-state index is 12.6. The Hall–Kier alpha value is -1.14. The van der Waals surface area contributed by atoms with Gasteiger partial charge in [-0.3, -0.25) is 4.79 Å². The van der Waals surface area contributed by atoms with Gasteiger partial charge < -0.3 is 15.2 Å². The minimum atomic E-state index is -1.38. The van der Waals surface area contributed by atoms with Crippen LogP contribution < -0.4 is 5.32 Å². The molecule has 132 valence electrons. The maximum Gasteiger partial charge on any atom is 0.519 e. The quantitative estimate of drug-likeness (QED) is 0.780. The van der Waals surface area contributed by atoms with Crippen molar-refractivity contribution in [2.75, 3.05) is 13.1 Å². The van der Waals surface area contributed by atoms with Gasteiger partial charge in [-0.15, -0.1) is 0 Å². The third-order valence-corrected chi connectivity index (χ3v) is 4.78. The van der Waals surface area contributed by atoms with E-state index < -0.39 is 23.8 Å². The van der Waals surface area contributed by atoms with E-state index in [4.69, 9.17) is 4.74 Å². The Morgan fingerprint density at radius 2 is 1.65 bits per heavy atom. The van der Waals surface area contributed by atoms with E-state index in [1.165, 1.54) is 6.42 Å². The number of rotatable bonds is 3. The second kappa shape index (κ2) is 7.18. The van der Waals surface area contributed by atoms with E-state index in [2.05, 4.69) is 5.32 Å². The second-order valence-corrected chi connectivity index (χ2v) is 7.89. The number of nitrogens with one attached hydrogen (secondary N) is 1. The zero-order chi connectivity index (χ0) is 17.1. The largest absolute Gasteiger partial charge is 0.519 e. The summed E-state index contributed by atoms with van der Waals surface area (Å²) < 4.78 is 5.18. The minimum Gasteiger partial charge on any atom is -0.414 e. The SMILES string of the molecule is CC(C)(C)OC(=O)[N+]1(C(O)C(=O)NC2CCCCC2)CCCC1. The molecular weight excluding hydrogens is 296 g/mol. The standard InChI is InChI=1S/C17H30N2O4/c1-17(2,3)23-16(22)19(11-7-8-12-19)15(21)14(20)18-13-9-5-4-6-10-13/h13,15,21H,4-12H2,1-3H3/p+1. The molecule has 0 radical (unpaired) electrons. The number of ether oxygens (including phenoxy) is 1. The Labute approximate surface area is 138 Å². The fourth-order valence-electron chi connectivity index (χ4n) is 3.53. The first-order chi connectivity index (χ1) is 10.7. The van der Waals surface area contributed by atoms with Crippen LogP contribution in [0.5, 0.6) is 0 Å². The van der Waals surface area contributed by atoms with E-state index in [9.17, 15) is 14.7 Å². The molecule has 6 heteroatoms. The molecule has 0 aromatic carbocycles. The summed E-state index contributed by atoms with van der Waals surface area (Å²) in [4.78, 5) is 25.1. The lowest BCUT2D eigenvalue weighted by Gasteiger charge is -2.36. The molecule has 1 aliphatic carbocycles. The Morgan fingerprint density at radius 1 is 1.09 bits per heavy atom. The number of aliphatic hydroxyl groups excluding tert-OH is 1. The Bertz CT molecular complexity index is 432. The van der Waals surface area contributed by atoms with Crippen LogP contribution in [0.2, 0.25) is 0 Å². The van der Waals surface area contributed by atoms with Crippen LogP contribution in [-0.4, -0.2) is 52.6 Å². The summed E-state index contributed by atoms with van der Waals surface area (Å²) in [5.41, 5.74) is -0.634. The Kier molecular flexibility index (Phi) is 5.68. The van der Waals surface area contributed by atoms with Crippen molar-refractivity contribution < 1.29 is 23.9 Å². The van der Waals surface area contributed by atoms with Crippen LogP contribution in [-0.2, 0) is 9.53 Å². The average molecular weight is 327 g/mol. The fourth-order valence-corrected chi connectivity index (χ4v) is 3.53. The van der Waals surface area contributed by atoms with Gasteiger partial charge in [0.1, 0.15) is 5.60 Å². The monoisotopic (exact) mass is 327 g/mol. The number of carbonyl (C=O) groups is 2. The van der Waals surface area contributed by atoms with Gasteiger partial charge in [0, 0.05) is 18.9 Å². The predicted molar refractivity (Wildman–Crippen MR) is 86.5 cm³/mol. The molecule has 0 bridgehead atoms. The molecule has 1 aliphatic heterocycles. The van der Waals surface area contributed by atoms with Crippen LogP contribution in [0.15, 0.2) is 0 Å². The summed E-state index contributed by atoms with van der Waals surface area (Å²) in [5.74, 6) is -0.440. The highest BCUT2D eigenvalue weighted by atomic mass is 16.6. The van der Waals surface area contributed by atoms with Gasteiger partial charge in [0.25, 0.3) is 6.23 Å². The molecule has 0 aromatic rings. The highest BCUT2D eigenvalue weighted by molar-refractivity contribution is 5.81. The molecule has 2 N–H and O–H groups in total. The van der Waals surface area contributed by atoms with Crippen LogP contribution in [0.3, 0.4) is 0 Å². The number of hydrogen-bond donors (Lipinski definition) is 2. The Morgan fingerprint density at radius 3 is 2.17 bits per heavy atom. The van der Waals surface area contributed by atoms with Crippen molar-refractivity contribution in [3.05, 3.63) is 0 Å². The van der Waals surface area contributed by atoms with Crippen LogP contribution in [0.1, 0.15) is 65.7 Å². The third-order valence-electron chi connectivity index (χ3n) is 4.78. The van der Waals surface area contributed by atoms with Gasteiger partial charge in [-0.1, -0.05) is 19.3 Å². The molecular formula is C17H31N2O4+. The lowest BCUT2D eigenvalue weighted by molar-refractivity contribution is -0.884. The first kappa shape index (κ1) is 18.2. The summed E-state index contributed by atoms with van der Waals surface area (Å²) in [7, 11) is 0. The van der Waals surface area contributed by atoms with Crippen molar-refractivity contribution in [2.24, 2.45) is 0 Å². The molecule has 0 spiro atoms. The molecule has 2 aliphatic rings. The van der Waals surface area contributed by atoms with Crippen LogP contribution in [0.25, 0.3) is 0 Å². The van der Waals surface area contributed by atoms with E-state index in [0.717, 1.165) is 38.5 Å². The molecule has 6 nitrogen and oxygen atoms in total. The highest BCUT2D eigenvalue weighted by Gasteiger charge is 2.52. The molecule has 2 rings (SSSR count). The summed E-state index contributed by atoms with van der Waals surface area (Å²) in [6, 6.07) is 0.118. The van der Waals surface area contributed by atoms with E-state index in [0.29, 0.717) is 13.1 Å². The lowest BCUT2D eigenvalue weighted by Crippen LogP contribution is -2.64. The molecule has 1 saturated carbocycles. The fraction of sp³-hybridized carbons (Fsp3) is 0.882. The summed E-state index contributed by atoms with van der Waals surface area (Å²) in [5, 5.41) is 13.6. The smallest absolute Gasteiger partial charge is 0.414 e. The van der Waals surface area contributed by atoms with Gasteiger partial charge in [-0.05, 0) is 33.6 Å². The minimum absolute atomic E-state index is 0.118. The van der Waals surface area contributed by atoms with E-state index in [1.807, 2.05) is 0 Å². The zero-order valence-corrected chi connectivity index (χ0v) is 14.6. The summed E-state index contributed by atoms with van der Waals surface area (Å²) in [6.07, 6.45) is 5.05. The average Bonchev–Trinajstić information content (AvgIpc) is 2.96. The predicted octanol–water partition coefficient (Wildman–Crippen LogP) is 2.30. The van der Waals surface area contributed by atoms with Gasteiger partial charge >= 0.3 is 12.0 Å². The number of nitrogens with zero attached hydrogens (tertiary/aromatic N) is 1. The first-order valence-electron chi connectivity index (χ1n) is 8.83. The van der Waals surface area contributed by atoms with Crippen molar-refractivity contribution in [1.82, 2.24) is 5.32 Å². The number of hydrogen-bond acceptors (Lipinski definition) is 4. The summed E-state index contributed by atoms with van der Waals surface area (Å²) >= 11 is 0. The molecule has 0 aromatic heterocycles. The van der Waals surface area contributed by atoms with Gasteiger partial charge in [0.05, 0.1) is 13.1 Å². The molecule has 2 amide bonds. The van der Waals surface area contributed by atoms with Gasteiger partial charge in [-0.25, -0.2) is 0 Å². The third kappa shape index (κ3) is 4.44. The number of quaternary nitrogens is 1. The molecule has 1 unspecified atom stereocenters. The number of amides is 2. The number of likely N-dealkylation sites (tertiary alicyclic amines) is 1. The van der Waals surface area contributed by atoms with Crippen molar-refractivity contribution >= 4 is 12.0 Å². The maximum atomic E-state index is 12.6. The molecule has 23 heavy (non-hydrogen) atoms. The molecule has 1 heterocycles. The van der Waals surface area contributed by atoms with Crippen molar-refractivity contribution in [1.29, 1.82) is 0 Å². The van der Waals surface area contributed by atoms with Crippen LogP contribution in [0.4, 0.5) is 4.79 Å². The van der Waals surface area contributed by atoms with E-state index >= 15 is 0 Å². The van der Waals surface area contributed by atoms with Crippen molar-refractivity contribution in [2.45, 2.75) is 83.6 Å². The second-order valence-electron chi connectivity index (χ2n) is 7.89. The number of aliphatic hydroxyl groups is 1. The van der Waals surface area contributed by atoms with E-state index in [1.54, 1.807) is 20.8 Å². The lowest BCUT2D eigenvalue weighted by atomic mass is 9.95. The van der Waals surface area contributed by atoms with Gasteiger partial charge in [0.15, 0.2) is 0 Å². The first-order valence-corrected chi connectivity index (χ1v) is 8.83. The van der Waals surface area contributed by atoms with Crippen LogP contribution >= 0.6 is 0 Å². The van der Waals surface area contributed by atoms with E-state index in [-0.39, 0.29) is 10.5 Å². The zero-order valence-electron chi connectivity index (χ0n) is 14.6. The van der Waals surface area contributed by atoms with Gasteiger partial charge in [-0.2, -0.15) is 9.28 Å². The topological polar surface area (TPSA) is 75.6 Å². The molecule has 1 atom stereocenters. The van der Waals surface area contributed by atoms with Crippen molar-refractivity contribution in [3.8, 4) is 0 Å². The van der Waals surface area contributed by atoms with Crippen LogP contribution in [0, 0.1) is 0 Å². The highest BCUT2D eigenvalue weighted by Crippen LogP contribution is 2.27. The summed E-state index contributed by atoms with van der Waals surface area (Å²) in [6.45, 7) is 6.30. The molecule has 1 saturated heterocycles.